The molecular weight excluding hydrogens is 268 g/mol. The Kier molecular flexibility index (Phi) is 4.85. The number of benzene rings is 1. The third kappa shape index (κ3) is 3.54. The number of hydrogen-bond acceptors (Lipinski definition) is 4. The van der Waals surface area contributed by atoms with Gasteiger partial charge in [-0.3, -0.25) is 9.80 Å². The second-order valence-electron chi connectivity index (χ2n) is 5.89. The second kappa shape index (κ2) is 6.45. The van der Waals surface area contributed by atoms with E-state index in [1.54, 1.807) is 25.3 Å². The summed E-state index contributed by atoms with van der Waals surface area (Å²) in [6.45, 7) is 7.09. The van der Waals surface area contributed by atoms with E-state index in [2.05, 4.69) is 30.7 Å². The summed E-state index contributed by atoms with van der Waals surface area (Å²) < 4.78 is 5.37. The van der Waals surface area contributed by atoms with Gasteiger partial charge in [0.05, 0.1) is 12.7 Å². The molecule has 2 atom stereocenters. The van der Waals surface area contributed by atoms with E-state index in [9.17, 15) is 4.79 Å². The minimum atomic E-state index is -0.904. The van der Waals surface area contributed by atoms with Crippen molar-refractivity contribution in [1.82, 2.24) is 9.80 Å². The van der Waals surface area contributed by atoms with Crippen molar-refractivity contribution in [3.63, 3.8) is 0 Å². The zero-order valence-corrected chi connectivity index (χ0v) is 13.2. The molecule has 2 rings (SSSR count). The lowest BCUT2D eigenvalue weighted by Gasteiger charge is -2.42. The lowest BCUT2D eigenvalue weighted by molar-refractivity contribution is 0.0551. The molecule has 0 spiro atoms. The average molecular weight is 292 g/mol. The van der Waals surface area contributed by atoms with Crippen molar-refractivity contribution in [2.45, 2.75) is 32.5 Å². The van der Waals surface area contributed by atoms with E-state index in [-0.39, 0.29) is 0 Å². The molecule has 1 aliphatic rings. The molecule has 0 aromatic heterocycles. The predicted octanol–water partition coefficient (Wildman–Crippen LogP) is 1.92. The van der Waals surface area contributed by atoms with Crippen LogP contribution in [0.25, 0.3) is 0 Å². The van der Waals surface area contributed by atoms with E-state index < -0.39 is 5.97 Å². The van der Waals surface area contributed by atoms with E-state index in [0.29, 0.717) is 24.2 Å². The highest BCUT2D eigenvalue weighted by Crippen LogP contribution is 2.24. The van der Waals surface area contributed by atoms with Crippen molar-refractivity contribution < 1.29 is 14.6 Å². The van der Waals surface area contributed by atoms with Crippen LogP contribution in [0.1, 0.15) is 29.8 Å². The first-order valence-corrected chi connectivity index (χ1v) is 7.27. The Morgan fingerprint density at radius 1 is 1.33 bits per heavy atom. The minimum Gasteiger partial charge on any atom is -0.496 e. The zero-order chi connectivity index (χ0) is 15.6. The topological polar surface area (TPSA) is 53.0 Å². The van der Waals surface area contributed by atoms with Crippen molar-refractivity contribution in [1.29, 1.82) is 0 Å². The van der Waals surface area contributed by atoms with E-state index in [0.717, 1.165) is 24.4 Å². The molecule has 0 bridgehead atoms. The lowest BCUT2D eigenvalue weighted by Crippen LogP contribution is -2.54. The van der Waals surface area contributed by atoms with Gasteiger partial charge in [0.2, 0.25) is 0 Å². The summed E-state index contributed by atoms with van der Waals surface area (Å²) in [7, 11) is 3.77. The standard InChI is InChI=1S/C16H24N2O3/c1-11-8-18(9-12(2)17(11)3)10-14-7-13(16(19)20)5-6-15(14)21-4/h5-7,11-12H,8-10H2,1-4H3,(H,19,20). The monoisotopic (exact) mass is 292 g/mol. The summed E-state index contributed by atoms with van der Waals surface area (Å²) >= 11 is 0. The van der Waals surface area contributed by atoms with Crippen molar-refractivity contribution in [3.8, 4) is 5.75 Å². The summed E-state index contributed by atoms with van der Waals surface area (Å²) in [5.74, 6) is -0.154. The van der Waals surface area contributed by atoms with Crippen molar-refractivity contribution in [3.05, 3.63) is 29.3 Å². The SMILES string of the molecule is COc1ccc(C(=O)O)cc1CN1CC(C)N(C)C(C)C1. The van der Waals surface area contributed by atoms with Crippen LogP contribution < -0.4 is 4.74 Å². The molecule has 0 radical (unpaired) electrons. The summed E-state index contributed by atoms with van der Waals surface area (Å²) in [6, 6.07) is 6.01. The number of carboxylic acid groups (broad SMARTS) is 1. The van der Waals surface area contributed by atoms with Crippen LogP contribution >= 0.6 is 0 Å². The van der Waals surface area contributed by atoms with Gasteiger partial charge in [-0.25, -0.2) is 4.79 Å². The number of hydrogen-bond donors (Lipinski definition) is 1. The largest absolute Gasteiger partial charge is 0.496 e. The summed E-state index contributed by atoms with van der Waals surface area (Å²) in [6.07, 6.45) is 0. The quantitative estimate of drug-likeness (QED) is 0.919. The van der Waals surface area contributed by atoms with Gasteiger partial charge in [0.25, 0.3) is 0 Å². The molecule has 116 valence electrons. The maximum absolute atomic E-state index is 11.1. The van der Waals surface area contributed by atoms with Crippen molar-refractivity contribution in [2.24, 2.45) is 0 Å². The van der Waals surface area contributed by atoms with Crippen LogP contribution in [-0.4, -0.2) is 60.2 Å². The van der Waals surface area contributed by atoms with Gasteiger partial charge in [-0.05, 0) is 39.1 Å². The number of nitrogens with zero attached hydrogens (tertiary/aromatic N) is 2. The van der Waals surface area contributed by atoms with Crippen LogP contribution in [0.2, 0.25) is 0 Å². The highest BCUT2D eigenvalue weighted by molar-refractivity contribution is 5.88. The first-order chi connectivity index (χ1) is 9.92. The zero-order valence-electron chi connectivity index (χ0n) is 13.2. The Hall–Kier alpha value is -1.59. The third-order valence-corrected chi connectivity index (χ3v) is 4.36. The van der Waals surface area contributed by atoms with Crippen LogP contribution in [0.15, 0.2) is 18.2 Å². The molecular formula is C16H24N2O3. The van der Waals surface area contributed by atoms with Crippen molar-refractivity contribution >= 4 is 5.97 Å². The Morgan fingerprint density at radius 3 is 2.48 bits per heavy atom. The first-order valence-electron chi connectivity index (χ1n) is 7.27. The van der Waals surface area contributed by atoms with E-state index in [4.69, 9.17) is 9.84 Å². The maximum atomic E-state index is 11.1. The molecule has 21 heavy (non-hydrogen) atoms. The number of carboxylic acids is 1. The summed E-state index contributed by atoms with van der Waals surface area (Å²) in [4.78, 5) is 15.9. The highest BCUT2D eigenvalue weighted by atomic mass is 16.5. The number of carbonyl (C=O) groups is 1. The van der Waals surface area contributed by atoms with Crippen LogP contribution in [0.4, 0.5) is 0 Å². The van der Waals surface area contributed by atoms with Gasteiger partial charge < -0.3 is 9.84 Å². The van der Waals surface area contributed by atoms with Gasteiger partial charge in [0.15, 0.2) is 0 Å². The fraction of sp³-hybridized carbons (Fsp3) is 0.562. The molecule has 1 aromatic rings. The number of likely N-dealkylation sites (N-methyl/N-ethyl adjacent to an activating group) is 1. The Balaban J connectivity index is 2.18. The van der Waals surface area contributed by atoms with Gasteiger partial charge in [-0.1, -0.05) is 0 Å². The summed E-state index contributed by atoms with van der Waals surface area (Å²) in [5, 5.41) is 9.14. The minimum absolute atomic E-state index is 0.307. The van der Waals surface area contributed by atoms with E-state index in [1.165, 1.54) is 0 Å². The molecule has 0 aliphatic carbocycles. The lowest BCUT2D eigenvalue weighted by atomic mass is 10.1. The number of ether oxygens (including phenoxy) is 1. The van der Waals surface area contributed by atoms with E-state index >= 15 is 0 Å². The predicted molar refractivity (Wildman–Crippen MR) is 81.9 cm³/mol. The van der Waals surface area contributed by atoms with Gasteiger partial charge in [0, 0.05) is 37.3 Å². The smallest absolute Gasteiger partial charge is 0.335 e. The molecule has 1 aliphatic heterocycles. The number of piperazine rings is 1. The van der Waals surface area contributed by atoms with Gasteiger partial charge in [-0.2, -0.15) is 0 Å². The molecule has 5 nitrogen and oxygen atoms in total. The summed E-state index contributed by atoms with van der Waals surface area (Å²) in [5.41, 5.74) is 1.24. The Labute approximate surface area is 126 Å². The first kappa shape index (κ1) is 15.8. The number of methoxy groups -OCH3 is 1. The molecule has 0 saturated carbocycles. The normalized spacial score (nSPS) is 24.0. The van der Waals surface area contributed by atoms with Crippen molar-refractivity contribution in [2.75, 3.05) is 27.2 Å². The van der Waals surface area contributed by atoms with Gasteiger partial charge in [0.1, 0.15) is 5.75 Å². The molecule has 0 amide bonds. The second-order valence-corrected chi connectivity index (χ2v) is 5.89. The molecule has 1 saturated heterocycles. The van der Waals surface area contributed by atoms with Gasteiger partial charge >= 0.3 is 5.97 Å². The van der Waals surface area contributed by atoms with Gasteiger partial charge in [-0.15, -0.1) is 0 Å². The Bertz CT molecular complexity index is 506. The molecule has 1 aromatic carbocycles. The number of aromatic carboxylic acids is 1. The fourth-order valence-electron chi connectivity index (χ4n) is 2.92. The van der Waals surface area contributed by atoms with Crippen LogP contribution in [-0.2, 0) is 6.54 Å². The Morgan fingerprint density at radius 2 is 1.95 bits per heavy atom. The average Bonchev–Trinajstić information content (AvgIpc) is 2.44. The molecule has 1 N–H and O–H groups in total. The maximum Gasteiger partial charge on any atom is 0.335 e. The highest BCUT2D eigenvalue weighted by Gasteiger charge is 2.27. The third-order valence-electron chi connectivity index (χ3n) is 4.36. The fourth-order valence-corrected chi connectivity index (χ4v) is 2.92. The molecule has 1 heterocycles. The van der Waals surface area contributed by atoms with Crippen LogP contribution in [0.3, 0.4) is 0 Å². The van der Waals surface area contributed by atoms with E-state index in [1.807, 2.05) is 0 Å². The molecule has 2 unspecified atom stereocenters. The molecule has 1 fully saturated rings. The molecule has 5 heteroatoms. The van der Waals surface area contributed by atoms with Crippen LogP contribution in [0, 0.1) is 0 Å². The number of rotatable bonds is 4. The van der Waals surface area contributed by atoms with Crippen LogP contribution in [0.5, 0.6) is 5.75 Å².